The summed E-state index contributed by atoms with van der Waals surface area (Å²) >= 11 is 0. The van der Waals surface area contributed by atoms with Gasteiger partial charge in [0.1, 0.15) is 5.60 Å². The van der Waals surface area contributed by atoms with Crippen LogP contribution in [-0.4, -0.2) is 11.7 Å². The topological polar surface area (TPSA) is 38.3 Å². The molecule has 1 N–H and O–H groups in total. The average molecular weight is 219 g/mol. The van der Waals surface area contributed by atoms with Gasteiger partial charge in [-0.25, -0.2) is 4.79 Å². The van der Waals surface area contributed by atoms with E-state index in [-0.39, 0.29) is 0 Å². The molecule has 0 aromatic heterocycles. The van der Waals surface area contributed by atoms with E-state index >= 15 is 0 Å². The molecule has 0 unspecified atom stereocenters. The highest BCUT2D eigenvalue weighted by atomic mass is 16.6. The summed E-state index contributed by atoms with van der Waals surface area (Å²) in [5.74, 6) is 0. The van der Waals surface area contributed by atoms with Gasteiger partial charge in [-0.3, -0.25) is 0 Å². The lowest BCUT2D eigenvalue weighted by Crippen LogP contribution is -2.31. The van der Waals surface area contributed by atoms with Crippen LogP contribution in [0.5, 0.6) is 0 Å². The first kappa shape index (κ1) is 12.6. The van der Waals surface area contributed by atoms with Crippen molar-refractivity contribution in [3.63, 3.8) is 0 Å². The lowest BCUT2D eigenvalue weighted by molar-refractivity contribution is 0.0545. The third kappa shape index (κ3) is 4.82. The van der Waals surface area contributed by atoms with Gasteiger partial charge in [-0.2, -0.15) is 0 Å². The standard InChI is InChI=1S/C13H17NO2/c1-10-5-7-11(8-6-10)9-14-12(15)16-13(2,3)4/h5-9H,1H2,2-4H3,(H,14,15). The van der Waals surface area contributed by atoms with Gasteiger partial charge in [0, 0.05) is 0 Å². The molecule has 0 bridgehead atoms. The molecule has 1 rings (SSSR count). The van der Waals surface area contributed by atoms with Crippen molar-refractivity contribution >= 4 is 6.09 Å². The predicted octanol–water partition coefficient (Wildman–Crippen LogP) is 2.90. The molecule has 0 heterocycles. The van der Waals surface area contributed by atoms with Gasteiger partial charge >= 0.3 is 6.09 Å². The van der Waals surface area contributed by atoms with Crippen molar-refractivity contribution in [3.8, 4) is 0 Å². The highest BCUT2D eigenvalue weighted by Gasteiger charge is 2.15. The van der Waals surface area contributed by atoms with E-state index in [9.17, 15) is 4.79 Å². The summed E-state index contributed by atoms with van der Waals surface area (Å²) < 4.78 is 5.09. The number of nitrogens with one attached hydrogen (secondary N) is 1. The molecule has 0 saturated heterocycles. The Morgan fingerprint density at radius 2 is 1.88 bits per heavy atom. The maximum atomic E-state index is 11.3. The minimum absolute atomic E-state index is 0.453. The minimum Gasteiger partial charge on any atom is -0.444 e. The SMILES string of the molecule is [CH2]c1ccc([CH]NC(=O)OC(C)(C)C)cc1. The van der Waals surface area contributed by atoms with Gasteiger partial charge in [0.15, 0.2) is 0 Å². The maximum Gasteiger partial charge on any atom is 0.408 e. The Morgan fingerprint density at radius 3 is 2.38 bits per heavy atom. The smallest absolute Gasteiger partial charge is 0.408 e. The monoisotopic (exact) mass is 219 g/mol. The number of carbonyl (C=O) groups is 1. The fourth-order valence-electron chi connectivity index (χ4n) is 1.06. The van der Waals surface area contributed by atoms with Gasteiger partial charge in [0.05, 0.1) is 6.54 Å². The second-order valence-electron chi connectivity index (χ2n) is 4.53. The maximum absolute atomic E-state index is 11.3. The Bertz CT molecular complexity index is 349. The molecule has 0 atom stereocenters. The molecule has 0 aliphatic rings. The highest BCUT2D eigenvalue weighted by molar-refractivity contribution is 5.69. The van der Waals surface area contributed by atoms with Crippen LogP contribution in [0.2, 0.25) is 0 Å². The van der Waals surface area contributed by atoms with Gasteiger partial charge in [-0.05, 0) is 38.8 Å². The predicted molar refractivity (Wildman–Crippen MR) is 63.7 cm³/mol. The fraction of sp³-hybridized carbons (Fsp3) is 0.308. The molecule has 1 aromatic carbocycles. The number of amides is 1. The summed E-state index contributed by atoms with van der Waals surface area (Å²) in [6, 6.07) is 7.50. The second-order valence-corrected chi connectivity index (χ2v) is 4.53. The number of hydrogen-bond donors (Lipinski definition) is 1. The Kier molecular flexibility index (Phi) is 3.93. The molecule has 0 saturated carbocycles. The number of rotatable bonds is 2. The largest absolute Gasteiger partial charge is 0.444 e. The third-order valence-electron chi connectivity index (χ3n) is 1.74. The van der Waals surface area contributed by atoms with Gasteiger partial charge in [0.25, 0.3) is 0 Å². The van der Waals surface area contributed by atoms with Gasteiger partial charge in [-0.1, -0.05) is 24.3 Å². The molecule has 16 heavy (non-hydrogen) atoms. The molecule has 1 aromatic rings. The first-order valence-corrected chi connectivity index (χ1v) is 5.11. The normalized spacial score (nSPS) is 11.0. The molecule has 2 radical (unpaired) electrons. The summed E-state index contributed by atoms with van der Waals surface area (Å²) in [4.78, 5) is 11.3. The Morgan fingerprint density at radius 1 is 1.31 bits per heavy atom. The zero-order valence-corrected chi connectivity index (χ0v) is 9.91. The van der Waals surface area contributed by atoms with Crippen LogP contribution in [0.1, 0.15) is 31.9 Å². The molecule has 0 spiro atoms. The van der Waals surface area contributed by atoms with Gasteiger partial charge in [0.2, 0.25) is 0 Å². The Hall–Kier alpha value is -1.51. The van der Waals surface area contributed by atoms with E-state index < -0.39 is 11.7 Å². The van der Waals surface area contributed by atoms with Crippen molar-refractivity contribution in [2.24, 2.45) is 0 Å². The van der Waals surface area contributed by atoms with Crippen LogP contribution < -0.4 is 5.32 Å². The fourth-order valence-corrected chi connectivity index (χ4v) is 1.06. The molecule has 86 valence electrons. The molecule has 3 heteroatoms. The summed E-state index contributed by atoms with van der Waals surface area (Å²) in [6.45, 7) is 10.9. The van der Waals surface area contributed by atoms with E-state index in [0.717, 1.165) is 11.1 Å². The molecule has 0 fully saturated rings. The van der Waals surface area contributed by atoms with E-state index in [1.807, 2.05) is 45.0 Å². The van der Waals surface area contributed by atoms with Crippen LogP contribution in [0.15, 0.2) is 24.3 Å². The lowest BCUT2D eigenvalue weighted by atomic mass is 10.1. The van der Waals surface area contributed by atoms with Crippen LogP contribution in [0.4, 0.5) is 4.79 Å². The first-order valence-electron chi connectivity index (χ1n) is 5.11. The van der Waals surface area contributed by atoms with Crippen molar-refractivity contribution in [1.82, 2.24) is 5.32 Å². The minimum atomic E-state index is -0.477. The van der Waals surface area contributed by atoms with Crippen LogP contribution in [-0.2, 0) is 4.74 Å². The Balaban J connectivity index is 2.40. The number of hydrogen-bond acceptors (Lipinski definition) is 2. The van der Waals surface area contributed by atoms with Crippen LogP contribution in [0.3, 0.4) is 0 Å². The summed E-state index contributed by atoms with van der Waals surface area (Å²) in [5.41, 5.74) is 1.36. The van der Waals surface area contributed by atoms with Crippen molar-refractivity contribution in [1.29, 1.82) is 0 Å². The average Bonchev–Trinajstić information content (AvgIpc) is 2.14. The van der Waals surface area contributed by atoms with Crippen molar-refractivity contribution in [2.45, 2.75) is 26.4 Å². The van der Waals surface area contributed by atoms with E-state index in [1.54, 1.807) is 6.54 Å². The van der Waals surface area contributed by atoms with E-state index in [4.69, 9.17) is 4.74 Å². The molecule has 3 nitrogen and oxygen atoms in total. The highest BCUT2D eigenvalue weighted by Crippen LogP contribution is 2.08. The van der Waals surface area contributed by atoms with Crippen molar-refractivity contribution in [3.05, 3.63) is 48.9 Å². The van der Waals surface area contributed by atoms with Gasteiger partial charge < -0.3 is 10.1 Å². The third-order valence-corrected chi connectivity index (χ3v) is 1.74. The van der Waals surface area contributed by atoms with Crippen molar-refractivity contribution in [2.75, 3.05) is 0 Å². The number of carbonyl (C=O) groups excluding carboxylic acids is 1. The Labute approximate surface area is 96.8 Å². The van der Waals surface area contributed by atoms with Crippen LogP contribution in [0.25, 0.3) is 0 Å². The molecule has 0 aliphatic carbocycles. The summed E-state index contributed by atoms with van der Waals surface area (Å²) in [6.07, 6.45) is -0.453. The lowest BCUT2D eigenvalue weighted by Gasteiger charge is -2.19. The molecular weight excluding hydrogens is 202 g/mol. The van der Waals surface area contributed by atoms with E-state index in [0.29, 0.717) is 0 Å². The van der Waals surface area contributed by atoms with Gasteiger partial charge in [-0.15, -0.1) is 0 Å². The summed E-state index contributed by atoms with van der Waals surface area (Å²) in [5, 5.41) is 2.57. The number of ether oxygens (including phenoxy) is 1. The van der Waals surface area contributed by atoms with Crippen molar-refractivity contribution < 1.29 is 9.53 Å². The number of benzene rings is 1. The quantitative estimate of drug-likeness (QED) is 0.830. The van der Waals surface area contributed by atoms with Crippen LogP contribution in [0, 0.1) is 13.5 Å². The van der Waals surface area contributed by atoms with Crippen LogP contribution >= 0.6 is 0 Å². The summed E-state index contributed by atoms with van der Waals surface area (Å²) in [7, 11) is 0. The number of alkyl carbamates (subject to hydrolysis) is 1. The zero-order valence-electron chi connectivity index (χ0n) is 9.91. The first-order chi connectivity index (χ1) is 7.37. The molecular formula is C13H17NO2. The van der Waals surface area contributed by atoms with E-state index in [2.05, 4.69) is 12.2 Å². The van der Waals surface area contributed by atoms with E-state index in [1.165, 1.54) is 0 Å². The molecule has 0 aliphatic heterocycles. The molecule has 1 amide bonds. The zero-order chi connectivity index (χ0) is 12.2. The second kappa shape index (κ2) is 5.01.